The molecule has 1 heterocycles. The number of ether oxygens (including phenoxy) is 1. The molecule has 3 rings (SSSR count). The van der Waals surface area contributed by atoms with Crippen molar-refractivity contribution in [2.75, 3.05) is 5.32 Å². The van der Waals surface area contributed by atoms with Crippen LogP contribution in [0.25, 0.3) is 11.1 Å². The third-order valence-electron chi connectivity index (χ3n) is 3.19. The number of rotatable bonds is 4. The molecule has 3 aromatic rings. The number of benzene rings is 2. The van der Waals surface area contributed by atoms with Gasteiger partial charge in [-0.05, 0) is 37.3 Å². The molecule has 0 aliphatic carbocycles. The standard InChI is InChI=1S/C17H16N2O3/c1-11(21-14-6-4-3-5-7-14)17(20)19-13-8-9-16-15(10-13)18-12(2)22-16/h3-11H,1-2H3,(H,19,20). The molecule has 0 aliphatic rings. The Morgan fingerprint density at radius 1 is 1.23 bits per heavy atom. The Hall–Kier alpha value is -2.82. The van der Waals surface area contributed by atoms with Crippen LogP contribution in [-0.4, -0.2) is 17.0 Å². The minimum Gasteiger partial charge on any atom is -0.481 e. The first kappa shape index (κ1) is 14.1. The summed E-state index contributed by atoms with van der Waals surface area (Å²) in [6, 6.07) is 14.6. The van der Waals surface area contributed by atoms with Crippen LogP contribution in [0.5, 0.6) is 5.75 Å². The van der Waals surface area contributed by atoms with Gasteiger partial charge in [-0.25, -0.2) is 4.98 Å². The summed E-state index contributed by atoms with van der Waals surface area (Å²) in [5, 5.41) is 2.82. The lowest BCUT2D eigenvalue weighted by Crippen LogP contribution is -2.30. The van der Waals surface area contributed by atoms with E-state index in [-0.39, 0.29) is 5.91 Å². The number of hydrogen-bond acceptors (Lipinski definition) is 4. The Labute approximate surface area is 127 Å². The van der Waals surface area contributed by atoms with Crippen LogP contribution >= 0.6 is 0 Å². The molecule has 0 radical (unpaired) electrons. The van der Waals surface area contributed by atoms with E-state index in [0.29, 0.717) is 28.4 Å². The number of amides is 1. The highest BCUT2D eigenvalue weighted by Crippen LogP contribution is 2.20. The number of fused-ring (bicyclic) bond motifs is 1. The number of carbonyl (C=O) groups excluding carboxylic acids is 1. The molecule has 0 spiro atoms. The quantitative estimate of drug-likeness (QED) is 0.799. The van der Waals surface area contributed by atoms with Crippen molar-refractivity contribution in [1.82, 2.24) is 4.98 Å². The van der Waals surface area contributed by atoms with Gasteiger partial charge in [-0.15, -0.1) is 0 Å². The van der Waals surface area contributed by atoms with Gasteiger partial charge in [-0.3, -0.25) is 4.79 Å². The summed E-state index contributed by atoms with van der Waals surface area (Å²) in [6.07, 6.45) is -0.600. The molecule has 1 N–H and O–H groups in total. The van der Waals surface area contributed by atoms with Crippen LogP contribution in [0, 0.1) is 6.92 Å². The van der Waals surface area contributed by atoms with Crippen molar-refractivity contribution in [2.24, 2.45) is 0 Å². The molecule has 22 heavy (non-hydrogen) atoms. The molecule has 1 aromatic heterocycles. The normalized spacial score (nSPS) is 12.1. The Kier molecular flexibility index (Phi) is 3.78. The zero-order valence-corrected chi connectivity index (χ0v) is 12.4. The number of para-hydroxylation sites is 1. The van der Waals surface area contributed by atoms with Gasteiger partial charge in [-0.2, -0.15) is 0 Å². The number of aromatic nitrogens is 1. The fourth-order valence-corrected chi connectivity index (χ4v) is 2.12. The predicted octanol–water partition coefficient (Wildman–Crippen LogP) is 3.54. The van der Waals surface area contributed by atoms with E-state index >= 15 is 0 Å². The maximum atomic E-state index is 12.2. The Balaban J connectivity index is 1.69. The molecular weight excluding hydrogens is 280 g/mol. The summed E-state index contributed by atoms with van der Waals surface area (Å²) in [6.45, 7) is 3.50. The number of anilines is 1. The summed E-state index contributed by atoms with van der Waals surface area (Å²) in [7, 11) is 0. The molecule has 1 atom stereocenters. The van der Waals surface area contributed by atoms with Gasteiger partial charge in [0, 0.05) is 12.6 Å². The third-order valence-corrected chi connectivity index (χ3v) is 3.19. The predicted molar refractivity (Wildman–Crippen MR) is 83.9 cm³/mol. The molecule has 1 unspecified atom stereocenters. The van der Waals surface area contributed by atoms with Gasteiger partial charge in [0.05, 0.1) is 0 Å². The van der Waals surface area contributed by atoms with Gasteiger partial charge < -0.3 is 14.5 Å². The molecule has 5 nitrogen and oxygen atoms in total. The van der Waals surface area contributed by atoms with Crippen molar-refractivity contribution in [2.45, 2.75) is 20.0 Å². The van der Waals surface area contributed by atoms with Crippen molar-refractivity contribution in [3.63, 3.8) is 0 Å². The van der Waals surface area contributed by atoms with E-state index in [2.05, 4.69) is 10.3 Å². The topological polar surface area (TPSA) is 64.4 Å². The van der Waals surface area contributed by atoms with Crippen molar-refractivity contribution in [3.05, 3.63) is 54.4 Å². The first-order valence-electron chi connectivity index (χ1n) is 7.01. The molecule has 5 heteroatoms. The van der Waals surface area contributed by atoms with E-state index in [9.17, 15) is 4.79 Å². The van der Waals surface area contributed by atoms with Crippen molar-refractivity contribution in [1.29, 1.82) is 0 Å². The van der Waals surface area contributed by atoms with Crippen molar-refractivity contribution in [3.8, 4) is 5.75 Å². The fourth-order valence-electron chi connectivity index (χ4n) is 2.12. The number of nitrogens with one attached hydrogen (secondary N) is 1. The average molecular weight is 296 g/mol. The molecule has 2 aromatic carbocycles. The fraction of sp³-hybridized carbons (Fsp3) is 0.176. The first-order valence-corrected chi connectivity index (χ1v) is 7.01. The highest BCUT2D eigenvalue weighted by atomic mass is 16.5. The van der Waals surface area contributed by atoms with Crippen LogP contribution in [-0.2, 0) is 4.79 Å². The SMILES string of the molecule is Cc1nc2cc(NC(=O)C(C)Oc3ccccc3)ccc2o1. The van der Waals surface area contributed by atoms with E-state index in [1.165, 1.54) is 0 Å². The molecule has 112 valence electrons. The number of nitrogens with zero attached hydrogens (tertiary/aromatic N) is 1. The lowest BCUT2D eigenvalue weighted by atomic mass is 10.2. The van der Waals surface area contributed by atoms with Gasteiger partial charge in [0.15, 0.2) is 17.6 Å². The Bertz CT molecular complexity index is 796. The molecule has 1 amide bonds. The van der Waals surface area contributed by atoms with E-state index in [1.807, 2.05) is 30.3 Å². The van der Waals surface area contributed by atoms with Crippen LogP contribution in [0.15, 0.2) is 52.9 Å². The maximum absolute atomic E-state index is 12.2. The molecule has 0 saturated heterocycles. The summed E-state index contributed by atoms with van der Waals surface area (Å²) < 4.78 is 11.0. The van der Waals surface area contributed by atoms with Gasteiger partial charge >= 0.3 is 0 Å². The average Bonchev–Trinajstić information content (AvgIpc) is 2.87. The van der Waals surface area contributed by atoms with Gasteiger partial charge in [0.1, 0.15) is 11.3 Å². The van der Waals surface area contributed by atoms with Crippen LogP contribution in [0.1, 0.15) is 12.8 Å². The molecule has 0 saturated carbocycles. The second-order valence-electron chi connectivity index (χ2n) is 4.98. The maximum Gasteiger partial charge on any atom is 0.265 e. The van der Waals surface area contributed by atoms with E-state index in [0.717, 1.165) is 0 Å². The molecular formula is C17H16N2O3. The van der Waals surface area contributed by atoms with Crippen LogP contribution in [0.2, 0.25) is 0 Å². The number of aryl methyl sites for hydroxylation is 1. The second kappa shape index (κ2) is 5.89. The third kappa shape index (κ3) is 3.09. The molecule has 0 aliphatic heterocycles. The lowest BCUT2D eigenvalue weighted by molar-refractivity contribution is -0.122. The zero-order valence-electron chi connectivity index (χ0n) is 12.4. The highest BCUT2D eigenvalue weighted by Gasteiger charge is 2.15. The summed E-state index contributed by atoms with van der Waals surface area (Å²) in [4.78, 5) is 16.4. The zero-order chi connectivity index (χ0) is 15.5. The van der Waals surface area contributed by atoms with Crippen LogP contribution in [0.3, 0.4) is 0 Å². The summed E-state index contributed by atoms with van der Waals surface area (Å²) in [5.74, 6) is 1.04. The van der Waals surface area contributed by atoms with Crippen LogP contribution in [0.4, 0.5) is 5.69 Å². The monoisotopic (exact) mass is 296 g/mol. The van der Waals surface area contributed by atoms with Crippen LogP contribution < -0.4 is 10.1 Å². The molecule has 0 bridgehead atoms. The summed E-state index contributed by atoms with van der Waals surface area (Å²) in [5.41, 5.74) is 2.07. The van der Waals surface area contributed by atoms with Gasteiger partial charge in [0.25, 0.3) is 5.91 Å². The van der Waals surface area contributed by atoms with E-state index < -0.39 is 6.10 Å². The van der Waals surface area contributed by atoms with E-state index in [4.69, 9.17) is 9.15 Å². The van der Waals surface area contributed by atoms with E-state index in [1.54, 1.807) is 32.0 Å². The largest absolute Gasteiger partial charge is 0.481 e. The van der Waals surface area contributed by atoms with Crippen molar-refractivity contribution < 1.29 is 13.9 Å². The van der Waals surface area contributed by atoms with Gasteiger partial charge in [-0.1, -0.05) is 18.2 Å². The number of hydrogen-bond donors (Lipinski definition) is 1. The molecule has 0 fully saturated rings. The van der Waals surface area contributed by atoms with Gasteiger partial charge in [0.2, 0.25) is 0 Å². The van der Waals surface area contributed by atoms with Crippen molar-refractivity contribution >= 4 is 22.7 Å². The number of oxazole rings is 1. The minimum absolute atomic E-state index is 0.219. The summed E-state index contributed by atoms with van der Waals surface area (Å²) >= 11 is 0. The smallest absolute Gasteiger partial charge is 0.265 e. The second-order valence-corrected chi connectivity index (χ2v) is 4.98. The highest BCUT2D eigenvalue weighted by molar-refractivity contribution is 5.95. The minimum atomic E-state index is -0.600. The lowest BCUT2D eigenvalue weighted by Gasteiger charge is -2.14. The Morgan fingerprint density at radius 3 is 2.77 bits per heavy atom. The first-order chi connectivity index (χ1) is 10.6. The number of carbonyl (C=O) groups is 1. The Morgan fingerprint density at radius 2 is 2.00 bits per heavy atom.